The third-order valence-corrected chi connectivity index (χ3v) is 4.20. The zero-order valence-corrected chi connectivity index (χ0v) is 13.4. The van der Waals surface area contributed by atoms with Crippen LogP contribution >= 0.6 is 11.3 Å². The number of aromatic carboxylic acids is 1. The van der Waals surface area contributed by atoms with Crippen molar-refractivity contribution in [2.45, 2.75) is 26.7 Å². The maximum absolute atomic E-state index is 12.1. The number of rotatable bonds is 6. The molecule has 0 radical (unpaired) electrons. The third-order valence-electron chi connectivity index (χ3n) is 3.15. The minimum atomic E-state index is -1.03. The molecule has 2 N–H and O–H groups in total. The van der Waals surface area contributed by atoms with E-state index < -0.39 is 5.97 Å². The van der Waals surface area contributed by atoms with E-state index in [2.05, 4.69) is 17.2 Å². The summed E-state index contributed by atoms with van der Waals surface area (Å²) in [5.74, 6) is -1.30. The highest BCUT2D eigenvalue weighted by Crippen LogP contribution is 2.11. The van der Waals surface area contributed by atoms with E-state index in [-0.39, 0.29) is 11.5 Å². The lowest BCUT2D eigenvalue weighted by Crippen LogP contribution is -2.26. The molecule has 6 heteroatoms. The number of benzene rings is 1. The Morgan fingerprint density at radius 3 is 2.64 bits per heavy atom. The van der Waals surface area contributed by atoms with E-state index in [0.29, 0.717) is 18.5 Å². The molecule has 1 aromatic heterocycles. The van der Waals surface area contributed by atoms with Gasteiger partial charge >= 0.3 is 5.97 Å². The Morgan fingerprint density at radius 1 is 1.27 bits per heavy atom. The molecule has 0 fully saturated rings. The molecule has 116 valence electrons. The second kappa shape index (κ2) is 7.17. The predicted molar refractivity (Wildman–Crippen MR) is 85.7 cm³/mol. The minimum absolute atomic E-state index is 0.122. The third kappa shape index (κ3) is 4.14. The van der Waals surface area contributed by atoms with Crippen LogP contribution in [0, 0.1) is 6.92 Å². The molecule has 0 saturated heterocycles. The number of aryl methyl sites for hydroxylation is 2. The first-order valence-corrected chi connectivity index (χ1v) is 7.94. The first-order chi connectivity index (χ1) is 10.5. The maximum Gasteiger partial charge on any atom is 0.335 e. The molecule has 0 saturated carbocycles. The van der Waals surface area contributed by atoms with Gasteiger partial charge < -0.3 is 10.4 Å². The monoisotopic (exact) mass is 318 g/mol. The minimum Gasteiger partial charge on any atom is -0.478 e. The van der Waals surface area contributed by atoms with E-state index in [1.165, 1.54) is 6.07 Å². The van der Waals surface area contributed by atoms with E-state index in [4.69, 9.17) is 5.11 Å². The van der Waals surface area contributed by atoms with Gasteiger partial charge in [0, 0.05) is 23.9 Å². The standard InChI is InChI=1S/C16H18N2O3S/c1-3-14-18-13(9-22-14)4-5-17-15(19)11-6-10(2)7-12(8-11)16(20)21/h6-9H,3-5H2,1-2H3,(H,17,19)(H,20,21). The number of nitrogens with zero attached hydrogens (tertiary/aromatic N) is 1. The number of amides is 1. The first-order valence-electron chi connectivity index (χ1n) is 7.06. The highest BCUT2D eigenvalue weighted by Gasteiger charge is 2.11. The van der Waals surface area contributed by atoms with Gasteiger partial charge in [0.2, 0.25) is 0 Å². The number of carbonyl (C=O) groups is 2. The summed E-state index contributed by atoms with van der Waals surface area (Å²) in [6, 6.07) is 4.61. The van der Waals surface area contributed by atoms with Crippen molar-refractivity contribution in [2.24, 2.45) is 0 Å². The van der Waals surface area contributed by atoms with Gasteiger partial charge in [-0.25, -0.2) is 9.78 Å². The number of hydrogen-bond donors (Lipinski definition) is 2. The number of nitrogens with one attached hydrogen (secondary N) is 1. The summed E-state index contributed by atoms with van der Waals surface area (Å²) >= 11 is 1.62. The Balaban J connectivity index is 1.96. The highest BCUT2D eigenvalue weighted by molar-refractivity contribution is 7.09. The second-order valence-corrected chi connectivity index (χ2v) is 5.93. The number of hydrogen-bond acceptors (Lipinski definition) is 4. The van der Waals surface area contributed by atoms with E-state index >= 15 is 0 Å². The fourth-order valence-electron chi connectivity index (χ4n) is 2.07. The Morgan fingerprint density at radius 2 is 2.00 bits per heavy atom. The van der Waals surface area contributed by atoms with Crippen LogP contribution in [-0.2, 0) is 12.8 Å². The molecule has 0 unspecified atom stereocenters. The molecular formula is C16H18N2O3S. The van der Waals surface area contributed by atoms with E-state index in [1.54, 1.807) is 30.4 Å². The molecule has 0 aliphatic rings. The molecule has 0 aliphatic heterocycles. The van der Waals surface area contributed by atoms with Gasteiger partial charge in [0.15, 0.2) is 0 Å². The summed E-state index contributed by atoms with van der Waals surface area (Å²) < 4.78 is 0. The van der Waals surface area contributed by atoms with Gasteiger partial charge in [-0.05, 0) is 37.1 Å². The number of carbonyl (C=O) groups excluding carboxylic acids is 1. The number of aromatic nitrogens is 1. The van der Waals surface area contributed by atoms with Crippen LogP contribution in [-0.4, -0.2) is 28.5 Å². The fourth-order valence-corrected chi connectivity index (χ4v) is 2.85. The predicted octanol–water partition coefficient (Wildman–Crippen LogP) is 2.68. The van der Waals surface area contributed by atoms with Gasteiger partial charge in [-0.3, -0.25) is 4.79 Å². The Labute approximate surface area is 133 Å². The summed E-state index contributed by atoms with van der Waals surface area (Å²) in [6.45, 7) is 4.30. The fraction of sp³-hybridized carbons (Fsp3) is 0.312. The van der Waals surface area contributed by atoms with Crippen molar-refractivity contribution >= 4 is 23.2 Å². The quantitative estimate of drug-likeness (QED) is 0.858. The van der Waals surface area contributed by atoms with Crippen molar-refractivity contribution in [1.29, 1.82) is 0 Å². The Kier molecular flexibility index (Phi) is 5.27. The van der Waals surface area contributed by atoms with E-state index in [9.17, 15) is 9.59 Å². The van der Waals surface area contributed by atoms with E-state index in [0.717, 1.165) is 22.7 Å². The number of carboxylic acid groups (broad SMARTS) is 1. The lowest BCUT2D eigenvalue weighted by atomic mass is 10.1. The summed E-state index contributed by atoms with van der Waals surface area (Å²) in [4.78, 5) is 27.6. The topological polar surface area (TPSA) is 79.3 Å². The number of thiazole rings is 1. The lowest BCUT2D eigenvalue weighted by molar-refractivity contribution is 0.0696. The molecule has 1 amide bonds. The zero-order valence-electron chi connectivity index (χ0n) is 12.5. The first kappa shape index (κ1) is 16.2. The smallest absolute Gasteiger partial charge is 0.335 e. The van der Waals surface area contributed by atoms with Gasteiger partial charge in [0.05, 0.1) is 16.3 Å². The normalized spacial score (nSPS) is 10.5. The van der Waals surface area contributed by atoms with Crippen molar-refractivity contribution in [1.82, 2.24) is 10.3 Å². The molecular weight excluding hydrogens is 300 g/mol. The van der Waals surface area contributed by atoms with Crippen molar-refractivity contribution in [3.8, 4) is 0 Å². The van der Waals surface area contributed by atoms with Crippen molar-refractivity contribution < 1.29 is 14.7 Å². The van der Waals surface area contributed by atoms with E-state index in [1.807, 2.05) is 5.38 Å². The van der Waals surface area contributed by atoms with Crippen LogP contribution in [0.4, 0.5) is 0 Å². The summed E-state index contributed by atoms with van der Waals surface area (Å²) in [5.41, 5.74) is 2.21. The maximum atomic E-state index is 12.1. The van der Waals surface area contributed by atoms with Crippen LogP contribution in [0.25, 0.3) is 0 Å². The van der Waals surface area contributed by atoms with Gasteiger partial charge in [0.1, 0.15) is 0 Å². The molecule has 0 atom stereocenters. The van der Waals surface area contributed by atoms with Gasteiger partial charge in [-0.2, -0.15) is 0 Å². The summed E-state index contributed by atoms with van der Waals surface area (Å²) in [6.07, 6.45) is 1.58. The van der Waals surface area contributed by atoms with Gasteiger partial charge in [-0.15, -0.1) is 11.3 Å². The van der Waals surface area contributed by atoms with Crippen molar-refractivity contribution in [3.63, 3.8) is 0 Å². The van der Waals surface area contributed by atoms with Gasteiger partial charge in [0.25, 0.3) is 5.91 Å². The number of carboxylic acids is 1. The van der Waals surface area contributed by atoms with Crippen LogP contribution < -0.4 is 5.32 Å². The average molecular weight is 318 g/mol. The van der Waals surface area contributed by atoms with Crippen LogP contribution in [0.1, 0.15) is 43.9 Å². The molecule has 0 bridgehead atoms. The van der Waals surface area contributed by atoms with Gasteiger partial charge in [-0.1, -0.05) is 6.92 Å². The Hall–Kier alpha value is -2.21. The SMILES string of the molecule is CCc1nc(CCNC(=O)c2cc(C)cc(C(=O)O)c2)cs1. The van der Waals surface area contributed by atoms with Crippen molar-refractivity contribution in [3.05, 3.63) is 51.0 Å². The molecule has 0 aliphatic carbocycles. The molecule has 2 aromatic rings. The largest absolute Gasteiger partial charge is 0.478 e. The summed E-state index contributed by atoms with van der Waals surface area (Å²) in [5, 5.41) is 14.9. The van der Waals surface area contributed by atoms with Crippen LogP contribution in [0.5, 0.6) is 0 Å². The second-order valence-electron chi connectivity index (χ2n) is 4.98. The lowest BCUT2D eigenvalue weighted by Gasteiger charge is -2.06. The van der Waals surface area contributed by atoms with Crippen LogP contribution in [0.2, 0.25) is 0 Å². The molecule has 1 aromatic carbocycles. The zero-order chi connectivity index (χ0) is 16.1. The van der Waals surface area contributed by atoms with Crippen molar-refractivity contribution in [2.75, 3.05) is 6.54 Å². The van der Waals surface area contributed by atoms with Crippen LogP contribution in [0.3, 0.4) is 0 Å². The molecule has 2 rings (SSSR count). The van der Waals surface area contributed by atoms with Crippen LogP contribution in [0.15, 0.2) is 23.6 Å². The highest BCUT2D eigenvalue weighted by atomic mass is 32.1. The summed E-state index contributed by atoms with van der Waals surface area (Å²) in [7, 11) is 0. The molecule has 1 heterocycles. The Bertz CT molecular complexity index is 694. The molecule has 22 heavy (non-hydrogen) atoms. The average Bonchev–Trinajstić information content (AvgIpc) is 2.94. The molecule has 5 nitrogen and oxygen atoms in total. The molecule has 0 spiro atoms.